The fourth-order valence-electron chi connectivity index (χ4n) is 2.62. The number of hydrogen-bond acceptors (Lipinski definition) is 3. The molecule has 0 aliphatic heterocycles. The first kappa shape index (κ1) is 12.9. The van der Waals surface area contributed by atoms with Crippen LogP contribution in [0.3, 0.4) is 0 Å². The number of nitrogens with one attached hydrogen (secondary N) is 2. The standard InChI is InChI=1S/C14H21N3O/c1-10-4-3-5-11(8-10)17-14(18)12-9-16-7-6-13(12)15-2/h6-7,9-11H,3-5,8H2,1-2H3,(H,15,16)(H,17,18). The van der Waals surface area contributed by atoms with Gasteiger partial charge in [-0.15, -0.1) is 0 Å². The zero-order valence-electron chi connectivity index (χ0n) is 11.1. The number of pyridine rings is 1. The van der Waals surface area contributed by atoms with Crippen LogP contribution in [0.4, 0.5) is 5.69 Å². The fourth-order valence-corrected chi connectivity index (χ4v) is 2.62. The zero-order valence-corrected chi connectivity index (χ0v) is 11.1. The van der Waals surface area contributed by atoms with Crippen LogP contribution in [0, 0.1) is 5.92 Å². The van der Waals surface area contributed by atoms with E-state index in [1.165, 1.54) is 12.8 Å². The third-order valence-corrected chi connectivity index (χ3v) is 3.61. The summed E-state index contributed by atoms with van der Waals surface area (Å²) in [6.45, 7) is 2.25. The molecule has 18 heavy (non-hydrogen) atoms. The highest BCUT2D eigenvalue weighted by molar-refractivity contribution is 5.99. The number of rotatable bonds is 3. The third kappa shape index (κ3) is 3.00. The molecule has 1 aliphatic carbocycles. The fraction of sp³-hybridized carbons (Fsp3) is 0.571. The maximum Gasteiger partial charge on any atom is 0.255 e. The van der Waals surface area contributed by atoms with Gasteiger partial charge in [0.05, 0.1) is 5.56 Å². The van der Waals surface area contributed by atoms with Gasteiger partial charge >= 0.3 is 0 Å². The van der Waals surface area contributed by atoms with Crippen LogP contribution in [-0.4, -0.2) is 24.0 Å². The second kappa shape index (κ2) is 5.85. The van der Waals surface area contributed by atoms with E-state index in [4.69, 9.17) is 0 Å². The molecule has 0 aromatic carbocycles. The Morgan fingerprint density at radius 2 is 2.28 bits per heavy atom. The van der Waals surface area contributed by atoms with Crippen LogP contribution in [-0.2, 0) is 0 Å². The van der Waals surface area contributed by atoms with Gasteiger partial charge in [0.25, 0.3) is 5.91 Å². The van der Waals surface area contributed by atoms with Crippen molar-refractivity contribution in [2.24, 2.45) is 5.92 Å². The van der Waals surface area contributed by atoms with E-state index in [1.807, 2.05) is 13.1 Å². The van der Waals surface area contributed by atoms with Crippen LogP contribution < -0.4 is 10.6 Å². The number of aromatic nitrogens is 1. The van der Waals surface area contributed by atoms with E-state index in [1.54, 1.807) is 12.4 Å². The van der Waals surface area contributed by atoms with Gasteiger partial charge in [-0.25, -0.2) is 0 Å². The first-order chi connectivity index (χ1) is 8.70. The molecule has 4 nitrogen and oxygen atoms in total. The highest BCUT2D eigenvalue weighted by Gasteiger charge is 2.21. The monoisotopic (exact) mass is 247 g/mol. The molecule has 0 saturated heterocycles. The minimum absolute atomic E-state index is 0.0217. The molecule has 1 aromatic rings. The predicted molar refractivity (Wildman–Crippen MR) is 72.7 cm³/mol. The largest absolute Gasteiger partial charge is 0.387 e. The summed E-state index contributed by atoms with van der Waals surface area (Å²) in [5, 5.41) is 6.14. The lowest BCUT2D eigenvalue weighted by Crippen LogP contribution is -2.38. The highest BCUT2D eigenvalue weighted by Crippen LogP contribution is 2.24. The average molecular weight is 247 g/mol. The number of nitrogens with zero attached hydrogens (tertiary/aromatic N) is 1. The molecule has 0 radical (unpaired) electrons. The molecule has 2 atom stereocenters. The molecule has 2 rings (SSSR count). The molecule has 4 heteroatoms. The van der Waals surface area contributed by atoms with Crippen LogP contribution in [0.1, 0.15) is 43.0 Å². The summed E-state index contributed by atoms with van der Waals surface area (Å²) in [7, 11) is 1.81. The molecule has 1 amide bonds. The van der Waals surface area contributed by atoms with Gasteiger partial charge in [0.2, 0.25) is 0 Å². The first-order valence-electron chi connectivity index (χ1n) is 6.63. The molecule has 1 saturated carbocycles. The normalized spacial score (nSPS) is 23.4. The Labute approximate surface area is 108 Å². The van der Waals surface area contributed by atoms with Gasteiger partial charge in [-0.2, -0.15) is 0 Å². The lowest BCUT2D eigenvalue weighted by molar-refractivity contribution is 0.0922. The smallest absolute Gasteiger partial charge is 0.255 e. The quantitative estimate of drug-likeness (QED) is 0.862. The lowest BCUT2D eigenvalue weighted by Gasteiger charge is -2.27. The van der Waals surface area contributed by atoms with Gasteiger partial charge in [-0.3, -0.25) is 9.78 Å². The van der Waals surface area contributed by atoms with Crippen LogP contribution in [0.5, 0.6) is 0 Å². The van der Waals surface area contributed by atoms with Crippen molar-refractivity contribution in [1.29, 1.82) is 0 Å². The molecule has 0 spiro atoms. The number of amides is 1. The van der Waals surface area contributed by atoms with Crippen molar-refractivity contribution in [3.8, 4) is 0 Å². The van der Waals surface area contributed by atoms with E-state index < -0.39 is 0 Å². The average Bonchev–Trinajstić information content (AvgIpc) is 2.38. The van der Waals surface area contributed by atoms with E-state index in [0.29, 0.717) is 17.5 Å². The van der Waals surface area contributed by atoms with Crippen molar-refractivity contribution in [3.63, 3.8) is 0 Å². The van der Waals surface area contributed by atoms with Crippen LogP contribution in [0.25, 0.3) is 0 Å². The summed E-state index contributed by atoms with van der Waals surface area (Å²) < 4.78 is 0. The van der Waals surface area contributed by atoms with Crippen molar-refractivity contribution >= 4 is 11.6 Å². The number of carbonyl (C=O) groups excluding carboxylic acids is 1. The van der Waals surface area contributed by atoms with Crippen LogP contribution in [0.2, 0.25) is 0 Å². The maximum atomic E-state index is 12.2. The van der Waals surface area contributed by atoms with E-state index in [-0.39, 0.29) is 5.91 Å². The highest BCUT2D eigenvalue weighted by atomic mass is 16.1. The van der Waals surface area contributed by atoms with Gasteiger partial charge in [0.1, 0.15) is 0 Å². The van der Waals surface area contributed by atoms with Crippen molar-refractivity contribution in [2.45, 2.75) is 38.6 Å². The van der Waals surface area contributed by atoms with Gasteiger partial charge in [0.15, 0.2) is 0 Å². The summed E-state index contributed by atoms with van der Waals surface area (Å²) in [5.74, 6) is 0.688. The number of anilines is 1. The summed E-state index contributed by atoms with van der Waals surface area (Å²) in [6.07, 6.45) is 7.96. The molecule has 0 bridgehead atoms. The lowest BCUT2D eigenvalue weighted by atomic mass is 9.87. The van der Waals surface area contributed by atoms with Crippen LogP contribution >= 0.6 is 0 Å². The summed E-state index contributed by atoms with van der Waals surface area (Å²) >= 11 is 0. The second-order valence-electron chi connectivity index (χ2n) is 5.11. The molecule has 1 fully saturated rings. The van der Waals surface area contributed by atoms with Crippen molar-refractivity contribution in [2.75, 3.05) is 12.4 Å². The van der Waals surface area contributed by atoms with E-state index in [9.17, 15) is 4.79 Å². The topological polar surface area (TPSA) is 54.0 Å². The minimum atomic E-state index is -0.0217. The van der Waals surface area contributed by atoms with Crippen molar-refractivity contribution in [1.82, 2.24) is 10.3 Å². The Morgan fingerprint density at radius 3 is 3.00 bits per heavy atom. The molecular formula is C14H21N3O. The van der Waals surface area contributed by atoms with E-state index >= 15 is 0 Å². The SMILES string of the molecule is CNc1ccncc1C(=O)NC1CCCC(C)C1. The molecule has 2 unspecified atom stereocenters. The van der Waals surface area contributed by atoms with Gasteiger partial charge < -0.3 is 10.6 Å². The van der Waals surface area contributed by atoms with Gasteiger partial charge in [-0.05, 0) is 24.8 Å². The number of hydrogen-bond donors (Lipinski definition) is 2. The maximum absolute atomic E-state index is 12.2. The molecule has 1 heterocycles. The van der Waals surface area contributed by atoms with Crippen molar-refractivity contribution < 1.29 is 4.79 Å². The molecule has 1 aliphatic rings. The Bertz CT molecular complexity index is 419. The minimum Gasteiger partial charge on any atom is -0.387 e. The Kier molecular flexibility index (Phi) is 4.18. The predicted octanol–water partition coefficient (Wildman–Crippen LogP) is 2.43. The molecule has 98 valence electrons. The van der Waals surface area contributed by atoms with Gasteiger partial charge in [0, 0.05) is 31.2 Å². The van der Waals surface area contributed by atoms with Crippen molar-refractivity contribution in [3.05, 3.63) is 24.0 Å². The molecule has 2 N–H and O–H groups in total. The second-order valence-corrected chi connectivity index (χ2v) is 5.11. The number of carbonyl (C=O) groups is 1. The summed E-state index contributed by atoms with van der Waals surface area (Å²) in [6, 6.07) is 2.13. The zero-order chi connectivity index (χ0) is 13.0. The van der Waals surface area contributed by atoms with E-state index in [2.05, 4.69) is 22.5 Å². The molecular weight excluding hydrogens is 226 g/mol. The van der Waals surface area contributed by atoms with Crippen LogP contribution in [0.15, 0.2) is 18.5 Å². The first-order valence-corrected chi connectivity index (χ1v) is 6.63. The summed E-state index contributed by atoms with van der Waals surface area (Å²) in [4.78, 5) is 16.2. The Morgan fingerprint density at radius 1 is 1.44 bits per heavy atom. The third-order valence-electron chi connectivity index (χ3n) is 3.61. The molecule has 1 aromatic heterocycles. The van der Waals surface area contributed by atoms with Gasteiger partial charge in [-0.1, -0.05) is 19.8 Å². The Balaban J connectivity index is 2.03. The van der Waals surface area contributed by atoms with E-state index in [0.717, 1.165) is 18.5 Å². The summed E-state index contributed by atoms with van der Waals surface area (Å²) in [5.41, 5.74) is 1.45. The Hall–Kier alpha value is -1.58.